The highest BCUT2D eigenvalue weighted by Gasteiger charge is 2.18. The van der Waals surface area contributed by atoms with Gasteiger partial charge < -0.3 is 10.2 Å². The monoisotopic (exact) mass is 247 g/mol. The van der Waals surface area contributed by atoms with Crippen molar-refractivity contribution in [3.8, 4) is 0 Å². The molecule has 0 radical (unpaired) electrons. The van der Waals surface area contributed by atoms with E-state index in [2.05, 4.69) is 50.0 Å². The van der Waals surface area contributed by atoms with Crippen LogP contribution in [0.1, 0.15) is 44.9 Å². The third-order valence-corrected chi connectivity index (χ3v) is 3.64. The summed E-state index contributed by atoms with van der Waals surface area (Å²) >= 11 is 0. The predicted molar refractivity (Wildman–Crippen MR) is 77.4 cm³/mol. The molecule has 0 bridgehead atoms. The summed E-state index contributed by atoms with van der Waals surface area (Å²) in [4.78, 5) is 7.26. The minimum Gasteiger partial charge on any atom is -0.354 e. The molecule has 100 valence electrons. The number of rotatable bonds is 3. The fourth-order valence-corrected chi connectivity index (χ4v) is 2.63. The van der Waals surface area contributed by atoms with E-state index in [0.29, 0.717) is 12.0 Å². The van der Waals surface area contributed by atoms with Crippen LogP contribution in [0.4, 0.5) is 5.82 Å². The highest BCUT2D eigenvalue weighted by Crippen LogP contribution is 2.22. The number of pyridine rings is 1. The Labute approximate surface area is 111 Å². The molecular formula is C15H25N3. The van der Waals surface area contributed by atoms with Crippen molar-refractivity contribution in [2.45, 2.75) is 46.1 Å². The molecule has 1 aliphatic heterocycles. The topological polar surface area (TPSA) is 28.2 Å². The molecule has 1 saturated heterocycles. The Kier molecular flexibility index (Phi) is 4.23. The number of hydrogen-bond donors (Lipinski definition) is 1. The van der Waals surface area contributed by atoms with Crippen molar-refractivity contribution < 1.29 is 0 Å². The molecule has 3 nitrogen and oxygen atoms in total. The summed E-state index contributed by atoms with van der Waals surface area (Å²) < 4.78 is 0. The maximum atomic E-state index is 4.87. The minimum absolute atomic E-state index is 0.551. The third kappa shape index (κ3) is 2.83. The second-order valence-corrected chi connectivity index (χ2v) is 5.51. The van der Waals surface area contributed by atoms with Crippen molar-refractivity contribution in [2.24, 2.45) is 0 Å². The number of aryl methyl sites for hydroxylation is 1. The van der Waals surface area contributed by atoms with Crippen LogP contribution < -0.4 is 10.2 Å². The first kappa shape index (κ1) is 13.3. The molecule has 1 atom stereocenters. The number of nitrogens with one attached hydrogen (secondary N) is 1. The van der Waals surface area contributed by atoms with Gasteiger partial charge >= 0.3 is 0 Å². The molecule has 0 spiro atoms. The van der Waals surface area contributed by atoms with Crippen LogP contribution in [0.5, 0.6) is 0 Å². The van der Waals surface area contributed by atoms with Gasteiger partial charge in [0.15, 0.2) is 0 Å². The molecule has 2 rings (SSSR count). The van der Waals surface area contributed by atoms with Gasteiger partial charge in [-0.3, -0.25) is 0 Å². The SMILES string of the molecule is CCc1nc(N2CCN[C@H](C)C2)ccc1C(C)C. The Hall–Kier alpha value is -1.09. The highest BCUT2D eigenvalue weighted by atomic mass is 15.2. The number of piperazine rings is 1. The molecule has 1 aromatic rings. The molecule has 1 aliphatic rings. The van der Waals surface area contributed by atoms with Crippen molar-refractivity contribution >= 4 is 5.82 Å². The Morgan fingerprint density at radius 3 is 2.83 bits per heavy atom. The zero-order valence-corrected chi connectivity index (χ0v) is 12.0. The molecular weight excluding hydrogens is 222 g/mol. The average molecular weight is 247 g/mol. The average Bonchev–Trinajstić information content (AvgIpc) is 2.37. The second-order valence-electron chi connectivity index (χ2n) is 5.51. The first-order valence-electron chi connectivity index (χ1n) is 7.10. The summed E-state index contributed by atoms with van der Waals surface area (Å²) in [6.07, 6.45) is 1.02. The summed E-state index contributed by atoms with van der Waals surface area (Å²) in [5.41, 5.74) is 2.65. The summed E-state index contributed by atoms with van der Waals surface area (Å²) in [7, 11) is 0. The van der Waals surface area contributed by atoms with E-state index >= 15 is 0 Å². The lowest BCUT2D eigenvalue weighted by Gasteiger charge is -2.33. The fraction of sp³-hybridized carbons (Fsp3) is 0.667. The van der Waals surface area contributed by atoms with Gasteiger partial charge in [0.2, 0.25) is 0 Å². The van der Waals surface area contributed by atoms with Gasteiger partial charge in [-0.2, -0.15) is 0 Å². The number of aromatic nitrogens is 1. The molecule has 1 N–H and O–H groups in total. The summed E-state index contributed by atoms with van der Waals surface area (Å²) in [5, 5.41) is 3.47. The molecule has 1 fully saturated rings. The first-order valence-corrected chi connectivity index (χ1v) is 7.10. The van der Waals surface area contributed by atoms with Crippen molar-refractivity contribution in [1.29, 1.82) is 0 Å². The molecule has 18 heavy (non-hydrogen) atoms. The van der Waals surface area contributed by atoms with Gasteiger partial charge in [-0.25, -0.2) is 4.98 Å². The second kappa shape index (κ2) is 5.70. The lowest BCUT2D eigenvalue weighted by molar-refractivity contribution is 0.482. The maximum absolute atomic E-state index is 4.87. The van der Waals surface area contributed by atoms with Crippen molar-refractivity contribution in [3.05, 3.63) is 23.4 Å². The van der Waals surface area contributed by atoms with Crippen LogP contribution in [-0.4, -0.2) is 30.7 Å². The van der Waals surface area contributed by atoms with Crippen LogP contribution >= 0.6 is 0 Å². The van der Waals surface area contributed by atoms with E-state index in [1.54, 1.807) is 0 Å². The molecule has 2 heterocycles. The van der Waals surface area contributed by atoms with Gasteiger partial charge in [-0.1, -0.05) is 26.8 Å². The number of nitrogens with zero attached hydrogens (tertiary/aromatic N) is 2. The van der Waals surface area contributed by atoms with Gasteiger partial charge in [0, 0.05) is 31.4 Å². The van der Waals surface area contributed by atoms with Crippen LogP contribution in [0.25, 0.3) is 0 Å². The van der Waals surface area contributed by atoms with Crippen LogP contribution in [0.3, 0.4) is 0 Å². The quantitative estimate of drug-likeness (QED) is 0.890. The van der Waals surface area contributed by atoms with E-state index in [1.165, 1.54) is 11.3 Å². The molecule has 0 unspecified atom stereocenters. The third-order valence-electron chi connectivity index (χ3n) is 3.64. The molecule has 0 aromatic carbocycles. The lowest BCUT2D eigenvalue weighted by atomic mass is 10.00. The fourth-order valence-electron chi connectivity index (χ4n) is 2.63. The first-order chi connectivity index (χ1) is 8.61. The number of hydrogen-bond acceptors (Lipinski definition) is 3. The molecule has 0 aliphatic carbocycles. The zero-order chi connectivity index (χ0) is 13.1. The Bertz CT molecular complexity index is 401. The van der Waals surface area contributed by atoms with Crippen LogP contribution in [-0.2, 0) is 6.42 Å². The summed E-state index contributed by atoms with van der Waals surface area (Å²) in [5.74, 6) is 1.70. The summed E-state index contributed by atoms with van der Waals surface area (Å²) in [6, 6.07) is 5.00. The Balaban J connectivity index is 2.23. The largest absolute Gasteiger partial charge is 0.354 e. The van der Waals surface area contributed by atoms with E-state index in [1.807, 2.05) is 0 Å². The summed E-state index contributed by atoms with van der Waals surface area (Å²) in [6.45, 7) is 12.1. The predicted octanol–water partition coefficient (Wildman–Crippen LogP) is 2.57. The van der Waals surface area contributed by atoms with Gasteiger partial charge in [0.1, 0.15) is 5.82 Å². The normalized spacial score (nSPS) is 20.5. The Morgan fingerprint density at radius 2 is 2.22 bits per heavy atom. The van der Waals surface area contributed by atoms with Crippen molar-refractivity contribution in [2.75, 3.05) is 24.5 Å². The van der Waals surface area contributed by atoms with Gasteiger partial charge in [-0.15, -0.1) is 0 Å². The van der Waals surface area contributed by atoms with Crippen molar-refractivity contribution in [3.63, 3.8) is 0 Å². The van der Waals surface area contributed by atoms with E-state index < -0.39 is 0 Å². The van der Waals surface area contributed by atoms with Crippen molar-refractivity contribution in [1.82, 2.24) is 10.3 Å². The van der Waals surface area contributed by atoms with E-state index in [4.69, 9.17) is 4.98 Å². The van der Waals surface area contributed by atoms with Gasteiger partial charge in [0.25, 0.3) is 0 Å². The molecule has 3 heteroatoms. The zero-order valence-electron chi connectivity index (χ0n) is 12.0. The van der Waals surface area contributed by atoms with Crippen LogP contribution in [0.15, 0.2) is 12.1 Å². The lowest BCUT2D eigenvalue weighted by Crippen LogP contribution is -2.49. The molecule has 1 aromatic heterocycles. The molecule has 0 amide bonds. The number of anilines is 1. The standard InChI is InChI=1S/C15H25N3/c1-5-14-13(11(2)3)6-7-15(17-14)18-9-8-16-12(4)10-18/h6-7,11-12,16H,5,8-10H2,1-4H3/t12-/m1/s1. The van der Waals surface area contributed by atoms with Crippen LogP contribution in [0, 0.1) is 0 Å². The minimum atomic E-state index is 0.551. The van der Waals surface area contributed by atoms with Gasteiger partial charge in [0.05, 0.1) is 0 Å². The van der Waals surface area contributed by atoms with E-state index in [9.17, 15) is 0 Å². The smallest absolute Gasteiger partial charge is 0.128 e. The van der Waals surface area contributed by atoms with Gasteiger partial charge in [-0.05, 0) is 30.9 Å². The highest BCUT2D eigenvalue weighted by molar-refractivity contribution is 5.43. The van der Waals surface area contributed by atoms with Crippen LogP contribution in [0.2, 0.25) is 0 Å². The maximum Gasteiger partial charge on any atom is 0.128 e. The molecule has 0 saturated carbocycles. The van der Waals surface area contributed by atoms with E-state index in [-0.39, 0.29) is 0 Å². The van der Waals surface area contributed by atoms with E-state index in [0.717, 1.165) is 31.9 Å². The Morgan fingerprint density at radius 1 is 1.44 bits per heavy atom.